The van der Waals surface area contributed by atoms with E-state index in [1.54, 1.807) is 29.8 Å². The van der Waals surface area contributed by atoms with Crippen molar-refractivity contribution in [1.82, 2.24) is 5.32 Å². The van der Waals surface area contributed by atoms with Crippen LogP contribution in [0.25, 0.3) is 6.08 Å². The van der Waals surface area contributed by atoms with Crippen LogP contribution >= 0.6 is 11.3 Å². The maximum atomic E-state index is 12.2. The predicted octanol–water partition coefficient (Wildman–Crippen LogP) is 3.94. The van der Waals surface area contributed by atoms with Gasteiger partial charge in [0.2, 0.25) is 5.91 Å². The van der Waals surface area contributed by atoms with Crippen molar-refractivity contribution in [3.05, 3.63) is 52.6 Å². The zero-order chi connectivity index (χ0) is 13.8. The number of amides is 1. The van der Waals surface area contributed by atoms with E-state index >= 15 is 0 Å². The first-order chi connectivity index (χ1) is 9.78. The first-order valence-corrected chi connectivity index (χ1v) is 7.74. The molecule has 0 unspecified atom stereocenters. The summed E-state index contributed by atoms with van der Waals surface area (Å²) in [6, 6.07) is 7.80. The van der Waals surface area contributed by atoms with Crippen LogP contribution in [0.5, 0.6) is 0 Å². The van der Waals surface area contributed by atoms with Crippen LogP contribution in [0, 0.1) is 0 Å². The number of hydrogen-bond acceptors (Lipinski definition) is 3. The van der Waals surface area contributed by atoms with Gasteiger partial charge >= 0.3 is 0 Å². The van der Waals surface area contributed by atoms with Gasteiger partial charge in [0.1, 0.15) is 5.76 Å². The number of rotatable bonds is 4. The molecule has 20 heavy (non-hydrogen) atoms. The highest BCUT2D eigenvalue weighted by Gasteiger charge is 2.37. The Morgan fingerprint density at radius 3 is 2.80 bits per heavy atom. The average molecular weight is 287 g/mol. The maximum absolute atomic E-state index is 12.2. The van der Waals surface area contributed by atoms with Crippen molar-refractivity contribution in [3.63, 3.8) is 0 Å². The maximum Gasteiger partial charge on any atom is 0.244 e. The molecule has 0 aromatic carbocycles. The highest BCUT2D eigenvalue weighted by Crippen LogP contribution is 2.40. The summed E-state index contributed by atoms with van der Waals surface area (Å²) in [6.07, 6.45) is 9.22. The Kier molecular flexibility index (Phi) is 3.74. The van der Waals surface area contributed by atoms with E-state index < -0.39 is 0 Å². The number of nitrogens with one attached hydrogen (secondary N) is 1. The molecule has 0 aliphatic heterocycles. The molecule has 2 heterocycles. The van der Waals surface area contributed by atoms with Gasteiger partial charge in [-0.25, -0.2) is 0 Å². The molecule has 1 aliphatic rings. The molecule has 0 spiro atoms. The number of thiophene rings is 1. The van der Waals surface area contributed by atoms with Crippen molar-refractivity contribution in [1.29, 1.82) is 0 Å². The Hall–Kier alpha value is -1.81. The summed E-state index contributed by atoms with van der Waals surface area (Å²) >= 11 is 1.72. The molecule has 1 amide bonds. The van der Waals surface area contributed by atoms with Gasteiger partial charge in [0.15, 0.2) is 0 Å². The quantitative estimate of drug-likeness (QED) is 0.865. The summed E-state index contributed by atoms with van der Waals surface area (Å²) in [4.78, 5) is 13.4. The second-order valence-corrected chi connectivity index (χ2v) is 6.05. The Labute approximate surface area is 122 Å². The Morgan fingerprint density at radius 1 is 1.30 bits per heavy atom. The van der Waals surface area contributed by atoms with Crippen LogP contribution in [0.1, 0.15) is 36.3 Å². The lowest BCUT2D eigenvalue weighted by Crippen LogP contribution is -2.42. The van der Waals surface area contributed by atoms with Gasteiger partial charge < -0.3 is 9.73 Å². The van der Waals surface area contributed by atoms with Crippen molar-refractivity contribution in [2.24, 2.45) is 0 Å². The smallest absolute Gasteiger partial charge is 0.244 e. The molecule has 0 radical (unpaired) electrons. The topological polar surface area (TPSA) is 42.2 Å². The standard InChI is InChI=1S/C16H17NO2S/c18-15(8-7-13-5-3-11-19-13)17-16(9-1-2-10-16)14-6-4-12-20-14/h3-8,11-12H,1-2,9-10H2,(H,17,18)/b8-7+. The van der Waals surface area contributed by atoms with E-state index in [0.717, 1.165) is 12.8 Å². The minimum absolute atomic E-state index is 0.0586. The summed E-state index contributed by atoms with van der Waals surface area (Å²) in [5.41, 5.74) is -0.168. The molecule has 1 fully saturated rings. The fourth-order valence-electron chi connectivity index (χ4n) is 2.78. The monoisotopic (exact) mass is 287 g/mol. The fraction of sp³-hybridized carbons (Fsp3) is 0.312. The summed E-state index contributed by atoms with van der Waals surface area (Å²) in [5.74, 6) is 0.633. The zero-order valence-electron chi connectivity index (χ0n) is 11.2. The van der Waals surface area contributed by atoms with Crippen LogP contribution in [0.2, 0.25) is 0 Å². The zero-order valence-corrected chi connectivity index (χ0v) is 12.0. The van der Waals surface area contributed by atoms with E-state index in [-0.39, 0.29) is 11.4 Å². The Morgan fingerprint density at radius 2 is 2.15 bits per heavy atom. The number of furan rings is 1. The normalized spacial score (nSPS) is 17.6. The molecule has 4 heteroatoms. The van der Waals surface area contributed by atoms with Gasteiger partial charge in [-0.1, -0.05) is 18.9 Å². The van der Waals surface area contributed by atoms with Crippen molar-refractivity contribution in [3.8, 4) is 0 Å². The highest BCUT2D eigenvalue weighted by molar-refractivity contribution is 7.10. The molecular formula is C16H17NO2S. The molecule has 0 bridgehead atoms. The predicted molar refractivity (Wildman–Crippen MR) is 80.3 cm³/mol. The fourth-order valence-corrected chi connectivity index (χ4v) is 3.73. The SMILES string of the molecule is O=C(/C=C/c1ccco1)NC1(c2cccs2)CCCC1. The van der Waals surface area contributed by atoms with Gasteiger partial charge in [-0.15, -0.1) is 11.3 Å². The lowest BCUT2D eigenvalue weighted by Gasteiger charge is -2.28. The van der Waals surface area contributed by atoms with Crippen LogP contribution in [0.4, 0.5) is 0 Å². The van der Waals surface area contributed by atoms with Crippen LogP contribution in [-0.4, -0.2) is 5.91 Å². The first-order valence-electron chi connectivity index (χ1n) is 6.86. The molecule has 2 aromatic rings. The van der Waals surface area contributed by atoms with Crippen molar-refractivity contribution < 1.29 is 9.21 Å². The number of carbonyl (C=O) groups is 1. The van der Waals surface area contributed by atoms with Gasteiger partial charge in [-0.2, -0.15) is 0 Å². The van der Waals surface area contributed by atoms with Crippen LogP contribution in [0.15, 0.2) is 46.4 Å². The molecule has 2 aromatic heterocycles. The van der Waals surface area contributed by atoms with Gasteiger partial charge in [-0.3, -0.25) is 4.79 Å². The van der Waals surface area contributed by atoms with Crippen LogP contribution in [-0.2, 0) is 10.3 Å². The Bertz CT molecular complexity index is 578. The third-order valence-electron chi connectivity index (χ3n) is 3.75. The average Bonchev–Trinajstić information content (AvgIpc) is 3.18. The summed E-state index contributed by atoms with van der Waals surface area (Å²) in [5, 5.41) is 5.27. The molecule has 1 N–H and O–H groups in total. The first kappa shape index (κ1) is 13.2. The Balaban J connectivity index is 1.73. The van der Waals surface area contributed by atoms with E-state index in [9.17, 15) is 4.79 Å². The highest BCUT2D eigenvalue weighted by atomic mass is 32.1. The molecule has 104 valence electrons. The van der Waals surface area contributed by atoms with E-state index in [1.165, 1.54) is 17.7 Å². The van der Waals surface area contributed by atoms with E-state index in [0.29, 0.717) is 5.76 Å². The number of hydrogen-bond donors (Lipinski definition) is 1. The van der Waals surface area contributed by atoms with E-state index in [4.69, 9.17) is 4.42 Å². The second kappa shape index (κ2) is 5.67. The van der Waals surface area contributed by atoms with Crippen molar-refractivity contribution in [2.75, 3.05) is 0 Å². The van der Waals surface area contributed by atoms with Gasteiger partial charge in [0.25, 0.3) is 0 Å². The minimum Gasteiger partial charge on any atom is -0.465 e. The van der Waals surface area contributed by atoms with E-state index in [1.807, 2.05) is 18.2 Å². The molecule has 1 saturated carbocycles. The molecule has 3 rings (SSSR count). The minimum atomic E-state index is -0.168. The molecule has 0 saturated heterocycles. The second-order valence-electron chi connectivity index (χ2n) is 5.10. The summed E-state index contributed by atoms with van der Waals surface area (Å²) in [6.45, 7) is 0. The molecule has 0 atom stereocenters. The molecule has 1 aliphatic carbocycles. The van der Waals surface area contributed by atoms with Crippen molar-refractivity contribution >= 4 is 23.3 Å². The van der Waals surface area contributed by atoms with Gasteiger partial charge in [0.05, 0.1) is 11.8 Å². The largest absolute Gasteiger partial charge is 0.465 e. The third kappa shape index (κ3) is 2.70. The molecule has 3 nitrogen and oxygen atoms in total. The lowest BCUT2D eigenvalue weighted by molar-refractivity contribution is -0.118. The summed E-state index contributed by atoms with van der Waals surface area (Å²) < 4.78 is 5.19. The van der Waals surface area contributed by atoms with E-state index in [2.05, 4.69) is 16.8 Å². The van der Waals surface area contributed by atoms with Crippen LogP contribution < -0.4 is 5.32 Å². The number of carbonyl (C=O) groups excluding carboxylic acids is 1. The summed E-state index contributed by atoms with van der Waals surface area (Å²) in [7, 11) is 0. The van der Waals surface area contributed by atoms with Gasteiger partial charge in [0, 0.05) is 11.0 Å². The van der Waals surface area contributed by atoms with Crippen LogP contribution in [0.3, 0.4) is 0 Å². The third-order valence-corrected chi connectivity index (χ3v) is 4.83. The van der Waals surface area contributed by atoms with Crippen molar-refractivity contribution in [2.45, 2.75) is 31.2 Å². The molecular weight excluding hydrogens is 270 g/mol. The van der Waals surface area contributed by atoms with Gasteiger partial charge in [-0.05, 0) is 42.5 Å². The lowest BCUT2D eigenvalue weighted by atomic mass is 9.95.